The van der Waals surface area contributed by atoms with E-state index in [4.69, 9.17) is 11.6 Å². The maximum Gasteiger partial charge on any atom is 0.244 e. The smallest absolute Gasteiger partial charge is 0.244 e. The van der Waals surface area contributed by atoms with E-state index >= 15 is 0 Å². The zero-order valence-corrected chi connectivity index (χ0v) is 14.3. The van der Waals surface area contributed by atoms with Gasteiger partial charge in [0, 0.05) is 30.7 Å². The quantitative estimate of drug-likeness (QED) is 0.849. The van der Waals surface area contributed by atoms with Gasteiger partial charge in [0.25, 0.3) is 0 Å². The van der Waals surface area contributed by atoms with Crippen LogP contribution >= 0.6 is 11.6 Å². The highest BCUT2D eigenvalue weighted by Gasteiger charge is 2.60. The van der Waals surface area contributed by atoms with E-state index in [0.717, 1.165) is 19.4 Å². The van der Waals surface area contributed by atoms with Crippen molar-refractivity contribution in [2.45, 2.75) is 48.6 Å². The van der Waals surface area contributed by atoms with Crippen molar-refractivity contribution in [2.24, 2.45) is 0 Å². The Morgan fingerprint density at radius 1 is 1.09 bits per heavy atom. The van der Waals surface area contributed by atoms with Crippen molar-refractivity contribution >= 4 is 21.6 Å². The van der Waals surface area contributed by atoms with Gasteiger partial charge in [-0.2, -0.15) is 4.31 Å². The number of halogens is 1. The summed E-state index contributed by atoms with van der Waals surface area (Å²) in [5.74, 6) is 0. The molecule has 1 spiro atoms. The van der Waals surface area contributed by atoms with Crippen molar-refractivity contribution < 1.29 is 8.42 Å². The SMILES string of the molecule is CC1(N2CCN(S(=O)(=O)c3ccccc3Cl)CC23CC3)CC1. The highest BCUT2D eigenvalue weighted by Crippen LogP contribution is 2.54. The molecular weight excluding hydrogens is 320 g/mol. The van der Waals surface area contributed by atoms with E-state index in [1.807, 2.05) is 0 Å². The maximum atomic E-state index is 12.9. The Bertz CT molecular complexity index is 711. The fourth-order valence-corrected chi connectivity index (χ4v) is 5.81. The molecule has 6 heteroatoms. The van der Waals surface area contributed by atoms with Crippen LogP contribution in [0.5, 0.6) is 0 Å². The highest BCUT2D eigenvalue weighted by molar-refractivity contribution is 7.89. The van der Waals surface area contributed by atoms with Gasteiger partial charge in [0.15, 0.2) is 0 Å². The third-order valence-corrected chi connectivity index (χ3v) is 7.87. The second kappa shape index (κ2) is 4.69. The number of sulfonamides is 1. The van der Waals surface area contributed by atoms with E-state index < -0.39 is 10.0 Å². The third-order valence-electron chi connectivity index (χ3n) is 5.52. The first kappa shape index (κ1) is 14.9. The molecule has 4 rings (SSSR count). The molecule has 0 unspecified atom stereocenters. The molecule has 0 bridgehead atoms. The van der Waals surface area contributed by atoms with Crippen LogP contribution in [-0.2, 0) is 10.0 Å². The first-order chi connectivity index (χ1) is 10.4. The molecule has 4 nitrogen and oxygen atoms in total. The number of rotatable bonds is 3. The van der Waals surface area contributed by atoms with Gasteiger partial charge in [0.05, 0.1) is 5.02 Å². The van der Waals surface area contributed by atoms with Crippen LogP contribution in [0, 0.1) is 0 Å². The van der Waals surface area contributed by atoms with Gasteiger partial charge in [-0.25, -0.2) is 8.42 Å². The predicted molar refractivity (Wildman–Crippen MR) is 86.5 cm³/mol. The minimum atomic E-state index is -3.50. The van der Waals surface area contributed by atoms with Crippen LogP contribution in [0.15, 0.2) is 29.2 Å². The number of benzene rings is 1. The Balaban J connectivity index is 1.62. The molecule has 0 N–H and O–H groups in total. The molecule has 1 aromatic carbocycles. The Morgan fingerprint density at radius 2 is 1.77 bits per heavy atom. The fraction of sp³-hybridized carbons (Fsp3) is 0.625. The molecular formula is C16H21ClN2O2S. The van der Waals surface area contributed by atoms with E-state index in [2.05, 4.69) is 11.8 Å². The van der Waals surface area contributed by atoms with E-state index in [1.165, 1.54) is 12.8 Å². The van der Waals surface area contributed by atoms with Crippen LogP contribution in [0.3, 0.4) is 0 Å². The maximum absolute atomic E-state index is 12.9. The summed E-state index contributed by atoms with van der Waals surface area (Å²) in [5.41, 5.74) is 0.397. The van der Waals surface area contributed by atoms with E-state index in [1.54, 1.807) is 28.6 Å². The van der Waals surface area contributed by atoms with Crippen molar-refractivity contribution in [1.29, 1.82) is 0 Å². The lowest BCUT2D eigenvalue weighted by Crippen LogP contribution is -2.59. The van der Waals surface area contributed by atoms with Gasteiger partial charge in [-0.3, -0.25) is 4.90 Å². The van der Waals surface area contributed by atoms with Gasteiger partial charge >= 0.3 is 0 Å². The zero-order valence-electron chi connectivity index (χ0n) is 12.8. The lowest BCUT2D eigenvalue weighted by Gasteiger charge is -2.45. The van der Waals surface area contributed by atoms with Gasteiger partial charge in [-0.05, 0) is 44.7 Å². The van der Waals surface area contributed by atoms with Gasteiger partial charge in [0.1, 0.15) is 4.90 Å². The van der Waals surface area contributed by atoms with Gasteiger partial charge < -0.3 is 0 Å². The molecule has 22 heavy (non-hydrogen) atoms. The fourth-order valence-electron chi connectivity index (χ4n) is 3.81. The normalized spacial score (nSPS) is 27.0. The Morgan fingerprint density at radius 3 is 2.36 bits per heavy atom. The molecule has 3 aliphatic rings. The molecule has 2 saturated carbocycles. The van der Waals surface area contributed by atoms with E-state index in [-0.39, 0.29) is 10.4 Å². The standard InChI is InChI=1S/C16H21ClN2O2S/c1-15(6-7-15)19-11-10-18(12-16(19)8-9-16)22(20,21)14-5-3-2-4-13(14)17/h2-5H,6-12H2,1H3. The molecule has 0 radical (unpaired) electrons. The average molecular weight is 341 g/mol. The molecule has 0 atom stereocenters. The van der Waals surface area contributed by atoms with Gasteiger partial charge in [-0.15, -0.1) is 0 Å². The Kier molecular flexibility index (Phi) is 3.19. The molecule has 0 amide bonds. The lowest BCUT2D eigenvalue weighted by molar-refractivity contribution is 0.0523. The summed E-state index contributed by atoms with van der Waals surface area (Å²) >= 11 is 6.11. The second-order valence-corrected chi connectivity index (χ2v) is 9.46. The monoisotopic (exact) mass is 340 g/mol. The number of hydrogen-bond acceptors (Lipinski definition) is 3. The van der Waals surface area contributed by atoms with Crippen molar-refractivity contribution in [3.8, 4) is 0 Å². The molecule has 120 valence electrons. The Hall–Kier alpha value is -0.620. The van der Waals surface area contributed by atoms with Crippen LogP contribution in [-0.4, -0.2) is 48.3 Å². The second-order valence-electron chi connectivity index (χ2n) is 7.14. The highest BCUT2D eigenvalue weighted by atomic mass is 35.5. The van der Waals surface area contributed by atoms with Crippen molar-refractivity contribution in [3.05, 3.63) is 29.3 Å². The van der Waals surface area contributed by atoms with Crippen LogP contribution in [0.1, 0.15) is 32.6 Å². The number of nitrogens with zero attached hydrogens (tertiary/aromatic N) is 2. The minimum Gasteiger partial charge on any atom is -0.290 e. The summed E-state index contributed by atoms with van der Waals surface area (Å²) in [6, 6.07) is 6.73. The summed E-state index contributed by atoms with van der Waals surface area (Å²) in [5, 5.41) is 0.309. The third kappa shape index (κ3) is 2.21. The number of hydrogen-bond donors (Lipinski definition) is 0. The molecule has 0 aromatic heterocycles. The van der Waals surface area contributed by atoms with Crippen LogP contribution < -0.4 is 0 Å². The average Bonchev–Trinajstić information content (AvgIpc) is 3.40. The molecule has 3 fully saturated rings. The minimum absolute atomic E-state index is 0.0812. The molecule has 1 aromatic rings. The van der Waals surface area contributed by atoms with Crippen molar-refractivity contribution in [3.63, 3.8) is 0 Å². The van der Waals surface area contributed by atoms with E-state index in [0.29, 0.717) is 23.7 Å². The van der Waals surface area contributed by atoms with Crippen LogP contribution in [0.2, 0.25) is 5.02 Å². The van der Waals surface area contributed by atoms with Crippen LogP contribution in [0.4, 0.5) is 0 Å². The van der Waals surface area contributed by atoms with Crippen molar-refractivity contribution in [1.82, 2.24) is 9.21 Å². The van der Waals surface area contributed by atoms with Crippen molar-refractivity contribution in [2.75, 3.05) is 19.6 Å². The number of piperazine rings is 1. The summed E-state index contributed by atoms with van der Waals surface area (Å²) in [4.78, 5) is 2.82. The molecule has 1 heterocycles. The lowest BCUT2D eigenvalue weighted by atomic mass is 10.1. The predicted octanol–water partition coefficient (Wildman–Crippen LogP) is 2.73. The summed E-state index contributed by atoms with van der Waals surface area (Å²) in [6.45, 7) is 4.31. The zero-order chi connectivity index (χ0) is 15.6. The first-order valence-electron chi connectivity index (χ1n) is 7.90. The van der Waals surface area contributed by atoms with Gasteiger partial charge in [-0.1, -0.05) is 23.7 Å². The summed E-state index contributed by atoms with van der Waals surface area (Å²) < 4.78 is 27.5. The molecule has 1 aliphatic heterocycles. The van der Waals surface area contributed by atoms with E-state index in [9.17, 15) is 8.42 Å². The molecule has 2 aliphatic carbocycles. The van der Waals surface area contributed by atoms with Crippen LogP contribution in [0.25, 0.3) is 0 Å². The summed E-state index contributed by atoms with van der Waals surface area (Å²) in [6.07, 6.45) is 4.70. The molecule has 1 saturated heterocycles. The van der Waals surface area contributed by atoms with Gasteiger partial charge in [0.2, 0.25) is 10.0 Å². The first-order valence-corrected chi connectivity index (χ1v) is 9.72. The largest absolute Gasteiger partial charge is 0.290 e. The topological polar surface area (TPSA) is 40.6 Å². The Labute approximate surface area is 137 Å². The summed E-state index contributed by atoms with van der Waals surface area (Å²) in [7, 11) is -3.50.